The second kappa shape index (κ2) is 8.03. The van der Waals surface area contributed by atoms with E-state index in [-0.39, 0.29) is 5.92 Å². The number of para-hydroxylation sites is 1. The third-order valence-corrected chi connectivity index (χ3v) is 4.17. The van der Waals surface area contributed by atoms with Crippen molar-refractivity contribution in [3.05, 3.63) is 52.5 Å². The molecule has 0 unspecified atom stereocenters. The van der Waals surface area contributed by atoms with Crippen LogP contribution in [-0.2, 0) is 9.59 Å². The van der Waals surface area contributed by atoms with E-state index in [1.54, 1.807) is 25.1 Å². The minimum atomic E-state index is -0.779. The van der Waals surface area contributed by atoms with E-state index in [0.29, 0.717) is 22.1 Å². The van der Waals surface area contributed by atoms with Gasteiger partial charge in [0.25, 0.3) is 0 Å². The van der Waals surface area contributed by atoms with Crippen LogP contribution in [0.4, 0.5) is 11.4 Å². The van der Waals surface area contributed by atoms with Crippen molar-refractivity contribution in [1.82, 2.24) is 0 Å². The molecule has 0 aliphatic heterocycles. The molecular weight excluding hydrogens is 340 g/mol. The van der Waals surface area contributed by atoms with Crippen LogP contribution in [0.15, 0.2) is 36.4 Å². The number of ether oxygens (including phenoxy) is 1. The number of hydrogen-bond acceptors (Lipinski definition) is 3. The van der Waals surface area contributed by atoms with Crippen molar-refractivity contribution in [2.75, 3.05) is 17.7 Å². The topological polar surface area (TPSA) is 67.4 Å². The molecule has 0 atom stereocenters. The molecule has 2 aromatic rings. The lowest BCUT2D eigenvalue weighted by Crippen LogP contribution is -2.29. The summed E-state index contributed by atoms with van der Waals surface area (Å²) in [5.41, 5.74) is 2.74. The Balaban J connectivity index is 2.17. The smallest absolute Gasteiger partial charge is 0.314 e. The van der Waals surface area contributed by atoms with Gasteiger partial charge in [0.1, 0.15) is 5.75 Å². The fourth-order valence-electron chi connectivity index (χ4n) is 2.40. The first-order valence-corrected chi connectivity index (χ1v) is 8.26. The molecule has 6 heteroatoms. The number of methoxy groups -OCH3 is 1. The fraction of sp³-hybridized carbons (Fsp3) is 0.263. The lowest BCUT2D eigenvalue weighted by Gasteiger charge is -2.14. The van der Waals surface area contributed by atoms with Crippen LogP contribution >= 0.6 is 11.6 Å². The Morgan fingerprint density at radius 3 is 2.24 bits per heavy atom. The number of benzene rings is 2. The number of hydrogen-bond donors (Lipinski definition) is 2. The zero-order chi connectivity index (χ0) is 18.6. The Morgan fingerprint density at radius 2 is 1.64 bits per heavy atom. The van der Waals surface area contributed by atoms with Crippen LogP contribution in [0, 0.1) is 6.92 Å². The summed E-state index contributed by atoms with van der Waals surface area (Å²) in [4.78, 5) is 24.5. The van der Waals surface area contributed by atoms with Gasteiger partial charge in [0, 0.05) is 16.8 Å². The second-order valence-electron chi connectivity index (χ2n) is 5.95. The summed E-state index contributed by atoms with van der Waals surface area (Å²) < 4.78 is 5.20. The standard InChI is InChI=1S/C19H21ClN2O3/c1-11(2)13-7-5-6-8-15(13)21-18(23)19(24)22-16-9-12(3)14(20)10-17(16)25-4/h5-11H,1-4H3,(H,21,23)(H,22,24). The first-order chi connectivity index (χ1) is 11.8. The van der Waals surface area contributed by atoms with E-state index >= 15 is 0 Å². The molecule has 25 heavy (non-hydrogen) atoms. The maximum Gasteiger partial charge on any atom is 0.314 e. The Kier molecular flexibility index (Phi) is 6.04. The normalized spacial score (nSPS) is 10.5. The zero-order valence-corrected chi connectivity index (χ0v) is 15.4. The first-order valence-electron chi connectivity index (χ1n) is 7.89. The van der Waals surface area contributed by atoms with Crippen LogP contribution in [0.1, 0.15) is 30.9 Å². The van der Waals surface area contributed by atoms with Gasteiger partial charge in [0.15, 0.2) is 0 Å². The molecule has 0 aliphatic carbocycles. The van der Waals surface area contributed by atoms with Crippen LogP contribution in [-0.4, -0.2) is 18.9 Å². The van der Waals surface area contributed by atoms with E-state index < -0.39 is 11.8 Å². The number of nitrogens with one attached hydrogen (secondary N) is 2. The van der Waals surface area contributed by atoms with Crippen molar-refractivity contribution in [3.63, 3.8) is 0 Å². The number of anilines is 2. The summed E-state index contributed by atoms with van der Waals surface area (Å²) in [6, 6.07) is 10.7. The second-order valence-corrected chi connectivity index (χ2v) is 6.36. The Bertz CT molecular complexity index is 803. The third-order valence-electron chi connectivity index (χ3n) is 3.77. The molecule has 0 heterocycles. The Morgan fingerprint density at radius 1 is 1.04 bits per heavy atom. The van der Waals surface area contributed by atoms with Crippen molar-refractivity contribution in [2.45, 2.75) is 26.7 Å². The number of aryl methyl sites for hydroxylation is 1. The summed E-state index contributed by atoms with van der Waals surface area (Å²) in [6.07, 6.45) is 0. The van der Waals surface area contributed by atoms with Crippen LogP contribution < -0.4 is 15.4 Å². The van der Waals surface area contributed by atoms with Crippen molar-refractivity contribution in [1.29, 1.82) is 0 Å². The summed E-state index contributed by atoms with van der Waals surface area (Å²) in [6.45, 7) is 5.84. The van der Waals surface area contributed by atoms with Crippen molar-refractivity contribution in [3.8, 4) is 5.75 Å². The van der Waals surface area contributed by atoms with Crippen LogP contribution in [0.2, 0.25) is 5.02 Å². The number of carbonyl (C=O) groups excluding carboxylic acids is 2. The van der Waals surface area contributed by atoms with Gasteiger partial charge in [0.05, 0.1) is 12.8 Å². The van der Waals surface area contributed by atoms with Gasteiger partial charge < -0.3 is 15.4 Å². The van der Waals surface area contributed by atoms with E-state index in [1.165, 1.54) is 7.11 Å². The minimum Gasteiger partial charge on any atom is -0.495 e. The van der Waals surface area contributed by atoms with Gasteiger partial charge in [-0.3, -0.25) is 9.59 Å². The van der Waals surface area contributed by atoms with Crippen molar-refractivity contribution in [2.24, 2.45) is 0 Å². The van der Waals surface area contributed by atoms with Crippen LogP contribution in [0.3, 0.4) is 0 Å². The molecule has 0 bridgehead atoms. The Hall–Kier alpha value is -2.53. The number of carbonyl (C=O) groups is 2. The van der Waals surface area contributed by atoms with Gasteiger partial charge in [-0.1, -0.05) is 43.6 Å². The van der Waals surface area contributed by atoms with Gasteiger partial charge in [0.2, 0.25) is 0 Å². The molecule has 0 radical (unpaired) electrons. The molecule has 5 nitrogen and oxygen atoms in total. The lowest BCUT2D eigenvalue weighted by atomic mass is 10.0. The molecule has 2 aromatic carbocycles. The zero-order valence-electron chi connectivity index (χ0n) is 14.6. The maximum atomic E-state index is 12.3. The molecular formula is C19H21ClN2O3. The van der Waals surface area contributed by atoms with E-state index in [4.69, 9.17) is 16.3 Å². The highest BCUT2D eigenvalue weighted by atomic mass is 35.5. The summed E-state index contributed by atoms with van der Waals surface area (Å²) in [5.74, 6) is -0.917. The molecule has 0 aromatic heterocycles. The molecule has 2 N–H and O–H groups in total. The molecule has 0 saturated heterocycles. The van der Waals surface area contributed by atoms with E-state index in [9.17, 15) is 9.59 Å². The van der Waals surface area contributed by atoms with Gasteiger partial charge in [-0.2, -0.15) is 0 Å². The molecule has 2 rings (SSSR count). The quantitative estimate of drug-likeness (QED) is 0.796. The van der Waals surface area contributed by atoms with E-state index in [0.717, 1.165) is 11.1 Å². The number of amides is 2. The summed E-state index contributed by atoms with van der Waals surface area (Å²) >= 11 is 6.05. The first kappa shape index (κ1) is 18.8. The maximum absolute atomic E-state index is 12.3. The van der Waals surface area contributed by atoms with Crippen molar-refractivity contribution < 1.29 is 14.3 Å². The largest absolute Gasteiger partial charge is 0.495 e. The van der Waals surface area contributed by atoms with E-state index in [1.807, 2.05) is 32.0 Å². The number of halogens is 1. The molecule has 0 spiro atoms. The van der Waals surface area contributed by atoms with Gasteiger partial charge >= 0.3 is 11.8 Å². The fourth-order valence-corrected chi connectivity index (χ4v) is 2.56. The Labute approximate surface area is 152 Å². The SMILES string of the molecule is COc1cc(Cl)c(C)cc1NC(=O)C(=O)Nc1ccccc1C(C)C. The minimum absolute atomic E-state index is 0.221. The predicted molar refractivity (Wildman–Crippen MR) is 101 cm³/mol. The number of rotatable bonds is 4. The third kappa shape index (κ3) is 4.51. The lowest BCUT2D eigenvalue weighted by molar-refractivity contribution is -0.133. The monoisotopic (exact) mass is 360 g/mol. The van der Waals surface area contributed by atoms with Crippen LogP contribution in [0.5, 0.6) is 5.75 Å². The highest BCUT2D eigenvalue weighted by Gasteiger charge is 2.18. The van der Waals surface area contributed by atoms with Gasteiger partial charge in [-0.25, -0.2) is 0 Å². The average Bonchev–Trinajstić information content (AvgIpc) is 2.58. The highest BCUT2D eigenvalue weighted by molar-refractivity contribution is 6.44. The van der Waals surface area contributed by atoms with Crippen molar-refractivity contribution >= 4 is 34.8 Å². The molecule has 0 aliphatic rings. The molecule has 132 valence electrons. The molecule has 2 amide bonds. The average molecular weight is 361 g/mol. The summed E-state index contributed by atoms with van der Waals surface area (Å²) in [5, 5.41) is 5.74. The summed E-state index contributed by atoms with van der Waals surface area (Å²) in [7, 11) is 1.47. The molecule has 0 saturated carbocycles. The van der Waals surface area contributed by atoms with Gasteiger partial charge in [-0.15, -0.1) is 0 Å². The predicted octanol–water partition coefficient (Wildman–Crippen LogP) is 4.36. The van der Waals surface area contributed by atoms with Gasteiger partial charge in [-0.05, 0) is 36.1 Å². The highest BCUT2D eigenvalue weighted by Crippen LogP contribution is 2.31. The molecule has 0 fully saturated rings. The van der Waals surface area contributed by atoms with E-state index in [2.05, 4.69) is 10.6 Å². The van der Waals surface area contributed by atoms with Crippen LogP contribution in [0.25, 0.3) is 0 Å².